The van der Waals surface area contributed by atoms with E-state index >= 15 is 0 Å². The monoisotopic (exact) mass is 452 g/mol. The largest absolute Gasteiger partial charge is 0.365 e. The van der Waals surface area contributed by atoms with Gasteiger partial charge in [0.2, 0.25) is 0 Å². The first-order chi connectivity index (χ1) is 16.0. The van der Waals surface area contributed by atoms with Crippen LogP contribution in [0.1, 0.15) is 38.3 Å². The lowest BCUT2D eigenvalue weighted by Crippen LogP contribution is -2.26. The van der Waals surface area contributed by atoms with Gasteiger partial charge in [0.15, 0.2) is 4.96 Å². The molecule has 0 spiro atoms. The third kappa shape index (κ3) is 2.82. The van der Waals surface area contributed by atoms with Crippen LogP contribution in [0.4, 0.5) is 5.82 Å². The molecule has 0 atom stereocenters. The first-order valence-corrected chi connectivity index (χ1v) is 12.2. The van der Waals surface area contributed by atoms with Crippen molar-refractivity contribution in [3.05, 3.63) is 53.9 Å². The molecule has 4 heterocycles. The summed E-state index contributed by atoms with van der Waals surface area (Å²) < 4.78 is 3.45. The predicted octanol–water partition coefficient (Wildman–Crippen LogP) is 6.34. The Balaban J connectivity index is 1.43. The Hall–Kier alpha value is -3.45. The Kier molecular flexibility index (Phi) is 3.78. The minimum absolute atomic E-state index is 0.0276. The molecule has 2 aromatic carbocycles. The lowest BCUT2D eigenvalue weighted by molar-refractivity contribution is 0.630. The lowest BCUT2D eigenvalue weighted by Gasteiger charge is -2.21. The molecule has 7 heteroatoms. The van der Waals surface area contributed by atoms with Gasteiger partial charge in [0, 0.05) is 21.9 Å². The second kappa shape index (κ2) is 6.54. The maximum absolute atomic E-state index is 5.19. The number of hydrogen-bond donors (Lipinski definition) is 2. The highest BCUT2D eigenvalue weighted by Gasteiger charge is 2.23. The molecule has 2 N–H and O–H groups in total. The van der Waals surface area contributed by atoms with Crippen LogP contribution in [-0.2, 0) is 12.8 Å². The van der Waals surface area contributed by atoms with Crippen molar-refractivity contribution in [2.75, 3.05) is 5.32 Å². The second-order valence-corrected chi connectivity index (χ2v) is 11.0. The summed E-state index contributed by atoms with van der Waals surface area (Å²) in [6, 6.07) is 10.9. The molecule has 1 aliphatic carbocycles. The topological polar surface area (TPSA) is 70.9 Å². The average molecular weight is 453 g/mol. The van der Waals surface area contributed by atoms with E-state index in [0.29, 0.717) is 0 Å². The molecule has 4 aromatic heterocycles. The SMILES string of the molecule is CC(C)(C)Nc1cnc2sc3cc(-c4nc5ccc6[nH]ncc6c5c5c4CCC5)ccc3n12. The van der Waals surface area contributed by atoms with E-state index in [9.17, 15) is 0 Å². The fraction of sp³-hybridized carbons (Fsp3) is 0.269. The van der Waals surface area contributed by atoms with Crippen molar-refractivity contribution in [2.24, 2.45) is 0 Å². The summed E-state index contributed by atoms with van der Waals surface area (Å²) in [6.07, 6.45) is 7.22. The number of anilines is 1. The molecule has 0 bridgehead atoms. The van der Waals surface area contributed by atoms with Crippen molar-refractivity contribution < 1.29 is 0 Å². The molecular formula is C26H24N6S. The van der Waals surface area contributed by atoms with Crippen LogP contribution in [0, 0.1) is 0 Å². The molecule has 6 nitrogen and oxygen atoms in total. The molecule has 0 radical (unpaired) electrons. The van der Waals surface area contributed by atoms with Gasteiger partial charge in [-0.3, -0.25) is 9.50 Å². The Labute approximate surface area is 194 Å². The minimum Gasteiger partial charge on any atom is -0.365 e. The number of thiazole rings is 1. The number of benzene rings is 2. The van der Waals surface area contributed by atoms with E-state index in [1.807, 2.05) is 12.4 Å². The molecular weight excluding hydrogens is 428 g/mol. The highest BCUT2D eigenvalue weighted by molar-refractivity contribution is 7.23. The van der Waals surface area contributed by atoms with Crippen LogP contribution in [0.5, 0.6) is 0 Å². The van der Waals surface area contributed by atoms with Crippen molar-refractivity contribution >= 4 is 54.1 Å². The van der Waals surface area contributed by atoms with Crippen LogP contribution in [0.3, 0.4) is 0 Å². The Morgan fingerprint density at radius 3 is 2.82 bits per heavy atom. The number of H-pyrrole nitrogens is 1. The van der Waals surface area contributed by atoms with E-state index < -0.39 is 0 Å². The predicted molar refractivity (Wildman–Crippen MR) is 136 cm³/mol. The zero-order valence-electron chi connectivity index (χ0n) is 18.9. The van der Waals surface area contributed by atoms with Gasteiger partial charge in [0.05, 0.1) is 39.3 Å². The summed E-state index contributed by atoms with van der Waals surface area (Å²) in [5.41, 5.74) is 8.43. The molecule has 33 heavy (non-hydrogen) atoms. The molecule has 0 saturated heterocycles. The van der Waals surface area contributed by atoms with Gasteiger partial charge in [-0.15, -0.1) is 0 Å². The summed E-state index contributed by atoms with van der Waals surface area (Å²) >= 11 is 1.73. The van der Waals surface area contributed by atoms with Crippen molar-refractivity contribution in [2.45, 2.75) is 45.6 Å². The number of hydrogen-bond acceptors (Lipinski definition) is 5. The van der Waals surface area contributed by atoms with E-state index in [-0.39, 0.29) is 5.54 Å². The summed E-state index contributed by atoms with van der Waals surface area (Å²) in [4.78, 5) is 10.9. The van der Waals surface area contributed by atoms with Gasteiger partial charge in [-0.2, -0.15) is 5.10 Å². The van der Waals surface area contributed by atoms with Crippen LogP contribution >= 0.6 is 11.3 Å². The van der Waals surface area contributed by atoms with Crippen LogP contribution in [0.15, 0.2) is 42.7 Å². The smallest absolute Gasteiger partial charge is 0.196 e. The van der Waals surface area contributed by atoms with Gasteiger partial charge in [-0.25, -0.2) is 9.97 Å². The maximum atomic E-state index is 5.19. The second-order valence-electron chi connectivity index (χ2n) is 9.98. The fourth-order valence-electron chi connectivity index (χ4n) is 5.26. The molecule has 0 aliphatic heterocycles. The van der Waals surface area contributed by atoms with Crippen molar-refractivity contribution in [1.29, 1.82) is 0 Å². The molecule has 0 fully saturated rings. The van der Waals surface area contributed by atoms with E-state index in [2.05, 4.69) is 76.0 Å². The summed E-state index contributed by atoms with van der Waals surface area (Å²) in [7, 11) is 0. The van der Waals surface area contributed by atoms with Gasteiger partial charge in [0.25, 0.3) is 0 Å². The van der Waals surface area contributed by atoms with Gasteiger partial charge < -0.3 is 5.32 Å². The quantitative estimate of drug-likeness (QED) is 0.322. The fourth-order valence-corrected chi connectivity index (χ4v) is 6.30. The van der Waals surface area contributed by atoms with Crippen molar-refractivity contribution in [3.8, 4) is 11.3 Å². The average Bonchev–Trinajstić information content (AvgIpc) is 3.55. The molecule has 164 valence electrons. The number of rotatable bonds is 2. The lowest BCUT2D eigenvalue weighted by atomic mass is 9.97. The number of nitrogens with one attached hydrogen (secondary N) is 2. The number of aromatic amines is 1. The highest BCUT2D eigenvalue weighted by atomic mass is 32.1. The third-order valence-electron chi connectivity index (χ3n) is 6.55. The minimum atomic E-state index is -0.0276. The van der Waals surface area contributed by atoms with E-state index in [0.717, 1.165) is 40.3 Å². The zero-order valence-corrected chi connectivity index (χ0v) is 19.7. The summed E-state index contributed by atoms with van der Waals surface area (Å²) in [5, 5.41) is 13.4. The Morgan fingerprint density at radius 2 is 1.94 bits per heavy atom. The van der Waals surface area contributed by atoms with Gasteiger partial charge >= 0.3 is 0 Å². The molecule has 7 rings (SSSR count). The molecule has 0 amide bonds. The summed E-state index contributed by atoms with van der Waals surface area (Å²) in [5.74, 6) is 1.03. The third-order valence-corrected chi connectivity index (χ3v) is 7.57. The maximum Gasteiger partial charge on any atom is 0.196 e. The summed E-state index contributed by atoms with van der Waals surface area (Å²) in [6.45, 7) is 6.51. The van der Waals surface area contributed by atoms with Gasteiger partial charge in [0.1, 0.15) is 5.82 Å². The normalized spacial score (nSPS) is 14.2. The highest BCUT2D eigenvalue weighted by Crippen LogP contribution is 2.40. The van der Waals surface area contributed by atoms with Crippen LogP contribution in [-0.4, -0.2) is 30.1 Å². The standard InChI is InChI=1S/C26H24N6S/c1-26(2,3)30-22-13-27-25-32(22)20-10-7-14(11-21(20)33-25)24-16-6-4-5-15(16)23-17-12-28-31-18(17)8-9-19(23)29-24/h7-13,30H,4-6H2,1-3H3,(H,28,31). The number of aryl methyl sites for hydroxylation is 1. The van der Waals surface area contributed by atoms with Gasteiger partial charge in [-0.05, 0) is 75.4 Å². The Bertz CT molecular complexity index is 1710. The number of pyridine rings is 1. The molecule has 6 aromatic rings. The number of aromatic nitrogens is 5. The van der Waals surface area contributed by atoms with E-state index in [4.69, 9.17) is 4.98 Å². The molecule has 1 aliphatic rings. The van der Waals surface area contributed by atoms with Crippen LogP contribution < -0.4 is 5.32 Å². The van der Waals surface area contributed by atoms with E-state index in [1.54, 1.807) is 11.3 Å². The zero-order chi connectivity index (χ0) is 22.3. The first-order valence-electron chi connectivity index (χ1n) is 11.4. The number of fused-ring (bicyclic) bond motifs is 8. The first kappa shape index (κ1) is 19.1. The Morgan fingerprint density at radius 1 is 1.06 bits per heavy atom. The van der Waals surface area contributed by atoms with Crippen molar-refractivity contribution in [1.82, 2.24) is 24.6 Å². The molecule has 0 unspecified atom stereocenters. The van der Waals surface area contributed by atoms with Crippen LogP contribution in [0.2, 0.25) is 0 Å². The van der Waals surface area contributed by atoms with Crippen LogP contribution in [0.25, 0.3) is 48.2 Å². The molecule has 0 saturated carbocycles. The van der Waals surface area contributed by atoms with Crippen molar-refractivity contribution in [3.63, 3.8) is 0 Å². The number of imidazole rings is 1. The van der Waals surface area contributed by atoms with Gasteiger partial charge in [-0.1, -0.05) is 17.4 Å². The van der Waals surface area contributed by atoms with E-state index in [1.165, 1.54) is 44.1 Å². The number of nitrogens with zero attached hydrogens (tertiary/aromatic N) is 4.